The van der Waals surface area contributed by atoms with Gasteiger partial charge in [0.25, 0.3) is 0 Å². The first kappa shape index (κ1) is 20.3. The molecule has 0 radical (unpaired) electrons. The fourth-order valence-corrected chi connectivity index (χ4v) is 4.25. The lowest BCUT2D eigenvalue weighted by atomic mass is 9.86. The summed E-state index contributed by atoms with van der Waals surface area (Å²) in [5, 5.41) is 9.33. The maximum atomic E-state index is 6.10. The number of aromatic nitrogens is 4. The average molecular weight is 457 g/mol. The van der Waals surface area contributed by atoms with Gasteiger partial charge in [-0.25, -0.2) is 9.67 Å². The molecule has 2 aromatic heterocycles. The van der Waals surface area contributed by atoms with E-state index in [9.17, 15) is 0 Å². The lowest BCUT2D eigenvalue weighted by Gasteiger charge is -2.25. The van der Waals surface area contributed by atoms with Crippen LogP contribution < -0.4 is 11.1 Å². The summed E-state index contributed by atoms with van der Waals surface area (Å²) in [6.45, 7) is 3.95. The first-order valence-corrected chi connectivity index (χ1v) is 11.4. The van der Waals surface area contributed by atoms with E-state index in [0.717, 1.165) is 78.4 Å². The van der Waals surface area contributed by atoms with E-state index >= 15 is 0 Å². The summed E-state index contributed by atoms with van der Waals surface area (Å²) in [7, 11) is 0. The van der Waals surface area contributed by atoms with Crippen molar-refractivity contribution in [2.45, 2.75) is 58.0 Å². The number of fused-ring (bicyclic) bond motifs is 1. The number of nitrogens with two attached hydrogens (primary N) is 1. The van der Waals surface area contributed by atoms with Gasteiger partial charge in [-0.1, -0.05) is 41.4 Å². The number of nitrogens with zero attached hydrogens (tertiary/aromatic N) is 4. The van der Waals surface area contributed by atoms with Gasteiger partial charge in [0.2, 0.25) is 5.95 Å². The zero-order chi connectivity index (χ0) is 20.2. The van der Waals surface area contributed by atoms with Gasteiger partial charge in [-0.15, -0.1) is 0 Å². The topological polar surface area (TPSA) is 81.7 Å². The Morgan fingerprint density at radius 3 is 2.66 bits per heavy atom. The van der Waals surface area contributed by atoms with Crippen molar-refractivity contribution in [3.05, 3.63) is 34.9 Å². The van der Waals surface area contributed by atoms with Gasteiger partial charge in [0.05, 0.1) is 5.39 Å². The maximum absolute atomic E-state index is 6.10. The highest BCUT2D eigenvalue weighted by Gasteiger charge is 2.22. The van der Waals surface area contributed by atoms with Crippen molar-refractivity contribution < 1.29 is 0 Å². The molecular weight excluding hydrogens is 428 g/mol. The summed E-state index contributed by atoms with van der Waals surface area (Å²) in [6, 6.07) is 8.62. The van der Waals surface area contributed by atoms with Crippen molar-refractivity contribution in [1.29, 1.82) is 0 Å². The third kappa shape index (κ3) is 4.78. The molecule has 2 heterocycles. The van der Waals surface area contributed by atoms with Crippen LogP contribution in [-0.2, 0) is 6.54 Å². The highest BCUT2D eigenvalue weighted by atomic mass is 79.9. The number of nitrogens with one attached hydrogen (secondary N) is 1. The number of halogens is 1. The number of rotatable bonds is 7. The molecule has 3 aromatic rings. The average Bonchev–Trinajstić information content (AvgIpc) is 3.08. The SMILES string of the molecule is CCCCNc1ncc2c(-c3ccc(Br)cc3)nn(C[C@H]3CC[C@H](N)CC3)c2n1. The van der Waals surface area contributed by atoms with E-state index in [-0.39, 0.29) is 0 Å². The summed E-state index contributed by atoms with van der Waals surface area (Å²) in [6.07, 6.45) is 8.67. The predicted octanol–water partition coefficient (Wildman–Crippen LogP) is 4.99. The maximum Gasteiger partial charge on any atom is 0.224 e. The summed E-state index contributed by atoms with van der Waals surface area (Å²) in [5.74, 6) is 1.28. The second-order valence-corrected chi connectivity index (χ2v) is 8.95. The van der Waals surface area contributed by atoms with Crippen LogP contribution in [0.1, 0.15) is 45.4 Å². The van der Waals surface area contributed by atoms with Crippen LogP contribution >= 0.6 is 15.9 Å². The van der Waals surface area contributed by atoms with Crippen molar-refractivity contribution in [3.63, 3.8) is 0 Å². The lowest BCUT2D eigenvalue weighted by molar-refractivity contribution is 0.288. The summed E-state index contributed by atoms with van der Waals surface area (Å²) < 4.78 is 3.14. The van der Waals surface area contributed by atoms with Crippen molar-refractivity contribution >= 4 is 32.9 Å². The van der Waals surface area contributed by atoms with Crippen molar-refractivity contribution in [2.75, 3.05) is 11.9 Å². The van der Waals surface area contributed by atoms with Gasteiger partial charge in [-0.05, 0) is 50.2 Å². The Morgan fingerprint density at radius 1 is 1.17 bits per heavy atom. The van der Waals surface area contributed by atoms with E-state index in [1.165, 1.54) is 0 Å². The third-order valence-corrected chi connectivity index (χ3v) is 6.27. The molecule has 0 amide bonds. The molecule has 0 spiro atoms. The molecule has 6 nitrogen and oxygen atoms in total. The minimum Gasteiger partial charge on any atom is -0.354 e. The molecule has 1 saturated carbocycles. The fourth-order valence-electron chi connectivity index (χ4n) is 3.98. The molecule has 0 aliphatic heterocycles. The minimum atomic E-state index is 0.357. The molecule has 0 saturated heterocycles. The van der Waals surface area contributed by atoms with E-state index in [2.05, 4.69) is 50.0 Å². The molecule has 7 heteroatoms. The van der Waals surface area contributed by atoms with Crippen LogP contribution in [0.3, 0.4) is 0 Å². The summed E-state index contributed by atoms with van der Waals surface area (Å²) in [4.78, 5) is 9.39. The van der Waals surface area contributed by atoms with Gasteiger partial charge in [0, 0.05) is 35.4 Å². The Labute approximate surface area is 180 Å². The van der Waals surface area contributed by atoms with E-state index in [1.54, 1.807) is 0 Å². The second kappa shape index (κ2) is 9.22. The first-order chi connectivity index (χ1) is 14.1. The summed E-state index contributed by atoms with van der Waals surface area (Å²) >= 11 is 3.51. The van der Waals surface area contributed by atoms with Crippen molar-refractivity contribution in [2.24, 2.45) is 11.7 Å². The molecule has 1 aromatic carbocycles. The van der Waals surface area contributed by atoms with E-state index in [0.29, 0.717) is 17.9 Å². The molecule has 1 fully saturated rings. The highest BCUT2D eigenvalue weighted by molar-refractivity contribution is 9.10. The summed E-state index contributed by atoms with van der Waals surface area (Å²) in [5.41, 5.74) is 9.03. The van der Waals surface area contributed by atoms with Crippen LogP contribution in [0.2, 0.25) is 0 Å². The van der Waals surface area contributed by atoms with E-state index in [4.69, 9.17) is 15.8 Å². The van der Waals surface area contributed by atoms with Gasteiger partial charge in [0.15, 0.2) is 5.65 Å². The second-order valence-electron chi connectivity index (χ2n) is 8.03. The predicted molar refractivity (Wildman–Crippen MR) is 122 cm³/mol. The van der Waals surface area contributed by atoms with Gasteiger partial charge in [0.1, 0.15) is 5.69 Å². The van der Waals surface area contributed by atoms with Crippen molar-refractivity contribution in [1.82, 2.24) is 19.7 Å². The van der Waals surface area contributed by atoms with Crippen LogP contribution in [0.15, 0.2) is 34.9 Å². The molecule has 1 aliphatic rings. The van der Waals surface area contributed by atoms with Crippen LogP contribution in [0.5, 0.6) is 0 Å². The molecule has 154 valence electrons. The van der Waals surface area contributed by atoms with Gasteiger partial charge < -0.3 is 11.1 Å². The third-order valence-electron chi connectivity index (χ3n) is 5.74. The molecule has 0 bridgehead atoms. The normalized spacial score (nSPS) is 19.6. The Bertz CT molecular complexity index is 944. The smallest absolute Gasteiger partial charge is 0.224 e. The standard InChI is InChI=1S/C22H29BrN6/c1-2-3-12-25-22-26-13-19-20(16-6-8-17(23)9-7-16)28-29(21(19)27-22)14-15-4-10-18(24)11-5-15/h6-9,13,15,18H,2-5,10-12,14,24H2,1H3,(H,25,26,27)/t15-,18-. The minimum absolute atomic E-state index is 0.357. The van der Waals surface area contributed by atoms with Crippen molar-refractivity contribution in [3.8, 4) is 11.3 Å². The molecule has 4 rings (SSSR count). The number of hydrogen-bond acceptors (Lipinski definition) is 5. The van der Waals surface area contributed by atoms with Crippen LogP contribution in [0.25, 0.3) is 22.3 Å². The van der Waals surface area contributed by atoms with Gasteiger partial charge in [-0.3, -0.25) is 0 Å². The Morgan fingerprint density at radius 2 is 1.93 bits per heavy atom. The van der Waals surface area contributed by atoms with Gasteiger partial charge in [-0.2, -0.15) is 10.1 Å². The zero-order valence-electron chi connectivity index (χ0n) is 16.9. The number of benzene rings is 1. The molecule has 1 aliphatic carbocycles. The highest BCUT2D eigenvalue weighted by Crippen LogP contribution is 2.31. The Hall–Kier alpha value is -1.99. The monoisotopic (exact) mass is 456 g/mol. The van der Waals surface area contributed by atoms with E-state index < -0.39 is 0 Å². The number of unbranched alkanes of at least 4 members (excludes halogenated alkanes) is 1. The van der Waals surface area contributed by atoms with Crippen LogP contribution in [0.4, 0.5) is 5.95 Å². The zero-order valence-corrected chi connectivity index (χ0v) is 18.5. The van der Waals surface area contributed by atoms with Gasteiger partial charge >= 0.3 is 0 Å². The molecule has 0 atom stereocenters. The molecule has 3 N–H and O–H groups in total. The number of hydrogen-bond donors (Lipinski definition) is 2. The van der Waals surface area contributed by atoms with Crippen LogP contribution in [-0.4, -0.2) is 32.3 Å². The lowest BCUT2D eigenvalue weighted by Crippen LogP contribution is -2.28. The molecule has 29 heavy (non-hydrogen) atoms. The molecule has 0 unspecified atom stereocenters. The quantitative estimate of drug-likeness (QED) is 0.489. The Balaban J connectivity index is 1.68. The van der Waals surface area contributed by atoms with E-state index in [1.807, 2.05) is 18.3 Å². The number of anilines is 1. The Kier molecular flexibility index (Phi) is 6.45. The largest absolute Gasteiger partial charge is 0.354 e. The fraction of sp³-hybridized carbons (Fsp3) is 0.500. The van der Waals surface area contributed by atoms with Crippen LogP contribution in [0, 0.1) is 5.92 Å². The first-order valence-electron chi connectivity index (χ1n) is 10.6. The molecular formula is C22H29BrN6.